The number of fused-ring (bicyclic) bond motifs is 1. The van der Waals surface area contributed by atoms with Crippen LogP contribution in [-0.4, -0.2) is 51.6 Å². The van der Waals surface area contributed by atoms with Gasteiger partial charge in [-0.05, 0) is 32.6 Å². The third-order valence-corrected chi connectivity index (χ3v) is 6.36. The van der Waals surface area contributed by atoms with Crippen molar-refractivity contribution in [3.63, 3.8) is 0 Å². The van der Waals surface area contributed by atoms with Gasteiger partial charge < -0.3 is 9.80 Å². The summed E-state index contributed by atoms with van der Waals surface area (Å²) in [4.78, 5) is 34.1. The molecule has 0 spiro atoms. The fourth-order valence-corrected chi connectivity index (χ4v) is 4.91. The summed E-state index contributed by atoms with van der Waals surface area (Å²) in [6, 6.07) is 1.50. The second-order valence-electron chi connectivity index (χ2n) is 7.32. The van der Waals surface area contributed by atoms with Crippen LogP contribution in [0.15, 0.2) is 10.9 Å². The highest BCUT2D eigenvalue weighted by atomic mass is 32.1. The Morgan fingerprint density at radius 2 is 1.81 bits per heavy atom. The maximum absolute atomic E-state index is 12.8. The molecule has 0 atom stereocenters. The Kier molecular flexibility index (Phi) is 4.93. The fourth-order valence-electron chi connectivity index (χ4n) is 3.91. The first-order chi connectivity index (χ1) is 12.6. The van der Waals surface area contributed by atoms with Crippen LogP contribution in [-0.2, 0) is 4.79 Å². The molecule has 2 saturated heterocycles. The molecule has 0 bridgehead atoms. The Bertz CT molecular complexity index is 845. The summed E-state index contributed by atoms with van der Waals surface area (Å²) in [6.45, 7) is 5.27. The van der Waals surface area contributed by atoms with E-state index in [9.17, 15) is 9.59 Å². The molecule has 0 aliphatic carbocycles. The van der Waals surface area contributed by atoms with E-state index in [4.69, 9.17) is 0 Å². The highest BCUT2D eigenvalue weighted by Crippen LogP contribution is 2.28. The Hall–Kier alpha value is -1.96. The summed E-state index contributed by atoms with van der Waals surface area (Å²) in [6.07, 6.45) is 6.47. The minimum atomic E-state index is -0.138. The monoisotopic (exact) mass is 375 g/mol. The van der Waals surface area contributed by atoms with Gasteiger partial charge in [0.1, 0.15) is 0 Å². The molecule has 0 radical (unpaired) electrons. The lowest BCUT2D eigenvalue weighted by Gasteiger charge is -2.33. The minimum absolute atomic E-state index is 0.127. The van der Waals surface area contributed by atoms with Gasteiger partial charge in [0.05, 0.1) is 0 Å². The second kappa shape index (κ2) is 7.34. The average molecular weight is 375 g/mol. The average Bonchev–Trinajstić information content (AvgIpc) is 2.88. The van der Waals surface area contributed by atoms with E-state index < -0.39 is 0 Å². The number of amides is 1. The van der Waals surface area contributed by atoms with E-state index in [-0.39, 0.29) is 11.5 Å². The summed E-state index contributed by atoms with van der Waals surface area (Å²) in [7, 11) is 0. The molecule has 8 heteroatoms. The zero-order valence-corrected chi connectivity index (χ0v) is 16.0. The van der Waals surface area contributed by atoms with E-state index >= 15 is 0 Å². The minimum Gasteiger partial charge on any atom is -0.347 e. The van der Waals surface area contributed by atoms with Crippen molar-refractivity contribution in [1.82, 2.24) is 19.5 Å². The van der Waals surface area contributed by atoms with Crippen molar-refractivity contribution in [2.24, 2.45) is 5.92 Å². The van der Waals surface area contributed by atoms with Crippen LogP contribution in [0.2, 0.25) is 0 Å². The van der Waals surface area contributed by atoms with Crippen LogP contribution in [0.4, 0.5) is 5.13 Å². The Balaban J connectivity index is 1.42. The molecule has 1 amide bonds. The van der Waals surface area contributed by atoms with Gasteiger partial charge in [0.15, 0.2) is 0 Å². The number of carbonyl (C=O) groups excluding carboxylic acids is 1. The topological polar surface area (TPSA) is 70.8 Å². The van der Waals surface area contributed by atoms with Crippen LogP contribution in [0, 0.1) is 12.8 Å². The van der Waals surface area contributed by atoms with E-state index in [0.717, 1.165) is 57.0 Å². The predicted octanol–water partition coefficient (Wildman–Crippen LogP) is 2.08. The number of piperidine rings is 1. The van der Waals surface area contributed by atoms with E-state index in [0.29, 0.717) is 16.6 Å². The molecule has 4 rings (SSSR count). The first-order valence-electron chi connectivity index (χ1n) is 9.53. The third kappa shape index (κ3) is 3.47. The van der Waals surface area contributed by atoms with Crippen LogP contribution in [0.5, 0.6) is 0 Å². The molecule has 7 nitrogen and oxygen atoms in total. The number of aromatic nitrogens is 3. The summed E-state index contributed by atoms with van der Waals surface area (Å²) < 4.78 is 1.38. The summed E-state index contributed by atoms with van der Waals surface area (Å²) >= 11 is 1.44. The van der Waals surface area contributed by atoms with Crippen molar-refractivity contribution in [3.05, 3.63) is 22.1 Å². The lowest BCUT2D eigenvalue weighted by atomic mass is 9.95. The van der Waals surface area contributed by atoms with Crippen LogP contribution in [0.25, 0.3) is 4.96 Å². The normalized spacial score (nSPS) is 19.7. The lowest BCUT2D eigenvalue weighted by molar-refractivity contribution is -0.136. The van der Waals surface area contributed by atoms with Gasteiger partial charge in [-0.2, -0.15) is 4.52 Å². The van der Waals surface area contributed by atoms with E-state index in [1.807, 2.05) is 6.92 Å². The van der Waals surface area contributed by atoms with E-state index in [1.54, 1.807) is 0 Å². The summed E-state index contributed by atoms with van der Waals surface area (Å²) in [5.74, 6) is 0.464. The van der Waals surface area contributed by atoms with Crippen LogP contribution >= 0.6 is 11.3 Å². The molecule has 0 aromatic carbocycles. The van der Waals surface area contributed by atoms with Crippen molar-refractivity contribution in [2.75, 3.05) is 31.1 Å². The van der Waals surface area contributed by atoms with Gasteiger partial charge >= 0.3 is 0 Å². The molecule has 2 aromatic heterocycles. The first-order valence-corrected chi connectivity index (χ1v) is 10.3. The zero-order valence-electron chi connectivity index (χ0n) is 15.2. The molecule has 26 heavy (non-hydrogen) atoms. The first kappa shape index (κ1) is 17.5. The summed E-state index contributed by atoms with van der Waals surface area (Å²) in [5.41, 5.74) is 0.577. The smallest absolute Gasteiger partial charge is 0.275 e. The van der Waals surface area contributed by atoms with Crippen molar-refractivity contribution >= 4 is 27.3 Å². The van der Waals surface area contributed by atoms with E-state index in [2.05, 4.69) is 19.9 Å². The Morgan fingerprint density at radius 3 is 2.50 bits per heavy atom. The Morgan fingerprint density at radius 1 is 1.12 bits per heavy atom. The number of hydrogen-bond acceptors (Lipinski definition) is 6. The van der Waals surface area contributed by atoms with Crippen molar-refractivity contribution in [3.8, 4) is 0 Å². The number of aryl methyl sites for hydroxylation is 1. The number of likely N-dealkylation sites (tertiary alicyclic amines) is 1. The number of anilines is 1. The van der Waals surface area contributed by atoms with Gasteiger partial charge in [0, 0.05) is 43.9 Å². The van der Waals surface area contributed by atoms with Gasteiger partial charge in [-0.3, -0.25) is 9.59 Å². The van der Waals surface area contributed by atoms with Gasteiger partial charge in [0.2, 0.25) is 16.0 Å². The zero-order chi connectivity index (χ0) is 18.1. The van der Waals surface area contributed by atoms with Crippen LogP contribution in [0.1, 0.15) is 44.2 Å². The maximum Gasteiger partial charge on any atom is 0.275 e. The number of rotatable bonds is 2. The molecular weight excluding hydrogens is 350 g/mol. The number of carbonyl (C=O) groups is 1. The molecule has 0 N–H and O–H groups in total. The largest absolute Gasteiger partial charge is 0.347 e. The summed E-state index contributed by atoms with van der Waals surface area (Å²) in [5, 5.41) is 5.26. The standard InChI is InChI=1S/C18H25N5O2S/c1-13-12-15(24)23-17(19-13)26-18(20-23)22-10-6-14(7-11-22)16(25)21-8-4-2-3-5-9-21/h12,14H,2-11H2,1H3. The Labute approximate surface area is 156 Å². The third-order valence-electron chi connectivity index (χ3n) is 5.39. The van der Waals surface area contributed by atoms with Crippen molar-refractivity contribution < 1.29 is 4.79 Å². The van der Waals surface area contributed by atoms with Gasteiger partial charge in [-0.1, -0.05) is 24.2 Å². The van der Waals surface area contributed by atoms with Crippen LogP contribution in [0.3, 0.4) is 0 Å². The molecule has 4 heterocycles. The molecule has 2 aromatic rings. The van der Waals surface area contributed by atoms with Crippen molar-refractivity contribution in [1.29, 1.82) is 0 Å². The highest BCUT2D eigenvalue weighted by molar-refractivity contribution is 7.20. The lowest BCUT2D eigenvalue weighted by Crippen LogP contribution is -2.43. The molecule has 2 fully saturated rings. The molecule has 2 aliphatic heterocycles. The van der Waals surface area contributed by atoms with E-state index in [1.165, 1.54) is 34.8 Å². The molecule has 0 unspecified atom stereocenters. The predicted molar refractivity (Wildman–Crippen MR) is 102 cm³/mol. The fraction of sp³-hybridized carbons (Fsp3) is 0.667. The maximum atomic E-state index is 12.8. The second-order valence-corrected chi connectivity index (χ2v) is 8.25. The molecule has 2 aliphatic rings. The van der Waals surface area contributed by atoms with Gasteiger partial charge in [0.25, 0.3) is 5.56 Å². The van der Waals surface area contributed by atoms with Crippen molar-refractivity contribution in [2.45, 2.75) is 45.4 Å². The van der Waals surface area contributed by atoms with Crippen LogP contribution < -0.4 is 10.5 Å². The highest BCUT2D eigenvalue weighted by Gasteiger charge is 2.30. The van der Waals surface area contributed by atoms with Gasteiger partial charge in [-0.15, -0.1) is 5.10 Å². The van der Waals surface area contributed by atoms with Gasteiger partial charge in [-0.25, -0.2) is 4.98 Å². The molecule has 140 valence electrons. The SMILES string of the molecule is Cc1cc(=O)n2nc(N3CCC(C(=O)N4CCCCCC4)CC3)sc2n1. The number of hydrogen-bond donors (Lipinski definition) is 0. The number of nitrogens with zero attached hydrogens (tertiary/aromatic N) is 5. The molecular formula is C18H25N5O2S. The molecule has 0 saturated carbocycles. The quantitative estimate of drug-likeness (QED) is 0.804.